The predicted octanol–water partition coefficient (Wildman–Crippen LogP) is 4.18. The minimum absolute atomic E-state index is 0.124. The van der Waals surface area contributed by atoms with Crippen LogP contribution in [0.2, 0.25) is 5.02 Å². The Labute approximate surface area is 160 Å². The van der Waals surface area contributed by atoms with Gasteiger partial charge in [-0.1, -0.05) is 44.9 Å². The van der Waals surface area contributed by atoms with E-state index < -0.39 is 0 Å². The van der Waals surface area contributed by atoms with E-state index in [1.165, 1.54) is 0 Å². The second-order valence-electron chi connectivity index (χ2n) is 6.87. The molecular formula is C20H28ClN3O2. The van der Waals surface area contributed by atoms with E-state index >= 15 is 0 Å². The molecule has 2 N–H and O–H groups in total. The first-order chi connectivity index (χ1) is 12.5. The van der Waals surface area contributed by atoms with E-state index in [0.717, 1.165) is 24.2 Å². The van der Waals surface area contributed by atoms with Crippen LogP contribution in [0.15, 0.2) is 30.5 Å². The standard InChI is InChI=1S/C20H28ClN3O2/c1-4-6-15(9-10-25)12-22-20(26)18-13-23-24(19(18)14(2)3)17-8-5-7-16(21)11-17/h5,7-8,11,13-15,25H,4,6,9-10,12H2,1-3H3,(H,22,26). The van der Waals surface area contributed by atoms with Gasteiger partial charge in [0.25, 0.3) is 5.91 Å². The number of rotatable bonds is 9. The van der Waals surface area contributed by atoms with Crippen molar-refractivity contribution < 1.29 is 9.90 Å². The summed E-state index contributed by atoms with van der Waals surface area (Å²) in [6.45, 7) is 6.90. The molecule has 142 valence electrons. The summed E-state index contributed by atoms with van der Waals surface area (Å²) >= 11 is 6.10. The first kappa shape index (κ1) is 20.5. The second-order valence-corrected chi connectivity index (χ2v) is 7.30. The monoisotopic (exact) mass is 377 g/mol. The van der Waals surface area contributed by atoms with Crippen LogP contribution in [0.3, 0.4) is 0 Å². The Morgan fingerprint density at radius 1 is 1.35 bits per heavy atom. The molecule has 0 aliphatic heterocycles. The Morgan fingerprint density at radius 2 is 2.12 bits per heavy atom. The van der Waals surface area contributed by atoms with Gasteiger partial charge in [-0.3, -0.25) is 4.79 Å². The van der Waals surface area contributed by atoms with Gasteiger partial charge in [0, 0.05) is 18.2 Å². The van der Waals surface area contributed by atoms with Gasteiger partial charge in [0.2, 0.25) is 0 Å². The third-order valence-electron chi connectivity index (χ3n) is 4.44. The Hall–Kier alpha value is -1.85. The molecule has 1 aromatic heterocycles. The summed E-state index contributed by atoms with van der Waals surface area (Å²) in [6.07, 6.45) is 4.34. The summed E-state index contributed by atoms with van der Waals surface area (Å²) in [5, 5.41) is 17.2. The number of aliphatic hydroxyl groups excluding tert-OH is 1. The van der Waals surface area contributed by atoms with Crippen LogP contribution < -0.4 is 5.32 Å². The fraction of sp³-hybridized carbons (Fsp3) is 0.500. The number of nitrogens with zero attached hydrogens (tertiary/aromatic N) is 2. The van der Waals surface area contributed by atoms with Crippen LogP contribution in [-0.2, 0) is 0 Å². The first-order valence-corrected chi connectivity index (χ1v) is 9.58. The average Bonchev–Trinajstić information content (AvgIpc) is 3.05. The van der Waals surface area contributed by atoms with Crippen molar-refractivity contribution in [2.75, 3.05) is 13.2 Å². The van der Waals surface area contributed by atoms with Crippen molar-refractivity contribution in [1.29, 1.82) is 0 Å². The van der Waals surface area contributed by atoms with Crippen molar-refractivity contribution in [2.45, 2.75) is 46.0 Å². The topological polar surface area (TPSA) is 67.2 Å². The molecule has 2 rings (SSSR count). The maximum atomic E-state index is 12.7. The Morgan fingerprint density at radius 3 is 2.73 bits per heavy atom. The highest BCUT2D eigenvalue weighted by molar-refractivity contribution is 6.30. The normalized spacial score (nSPS) is 12.4. The molecule has 6 heteroatoms. The van der Waals surface area contributed by atoms with E-state index in [4.69, 9.17) is 11.6 Å². The predicted molar refractivity (Wildman–Crippen MR) is 105 cm³/mol. The van der Waals surface area contributed by atoms with Crippen LogP contribution >= 0.6 is 11.6 Å². The molecule has 1 unspecified atom stereocenters. The van der Waals surface area contributed by atoms with Gasteiger partial charge in [0.05, 0.1) is 23.1 Å². The minimum atomic E-state index is -0.124. The van der Waals surface area contributed by atoms with Gasteiger partial charge in [0.15, 0.2) is 0 Å². The number of hydrogen-bond donors (Lipinski definition) is 2. The summed E-state index contributed by atoms with van der Waals surface area (Å²) < 4.78 is 1.78. The molecule has 0 radical (unpaired) electrons. The van der Waals surface area contributed by atoms with Crippen molar-refractivity contribution in [3.8, 4) is 5.69 Å². The zero-order chi connectivity index (χ0) is 19.1. The lowest BCUT2D eigenvalue weighted by Gasteiger charge is -2.17. The van der Waals surface area contributed by atoms with E-state index in [1.807, 2.05) is 38.1 Å². The lowest BCUT2D eigenvalue weighted by molar-refractivity contribution is 0.0941. The van der Waals surface area contributed by atoms with Crippen molar-refractivity contribution in [3.63, 3.8) is 0 Å². The highest BCUT2D eigenvalue weighted by Crippen LogP contribution is 2.24. The molecule has 0 aliphatic carbocycles. The van der Waals surface area contributed by atoms with Crippen molar-refractivity contribution >= 4 is 17.5 Å². The molecule has 0 saturated heterocycles. The molecule has 0 fully saturated rings. The van der Waals surface area contributed by atoms with E-state index in [9.17, 15) is 9.90 Å². The quantitative estimate of drug-likeness (QED) is 0.688. The summed E-state index contributed by atoms with van der Waals surface area (Å²) in [7, 11) is 0. The maximum absolute atomic E-state index is 12.7. The fourth-order valence-corrected chi connectivity index (χ4v) is 3.36. The maximum Gasteiger partial charge on any atom is 0.254 e. The molecule has 1 heterocycles. The van der Waals surface area contributed by atoms with Crippen LogP contribution in [-0.4, -0.2) is 33.9 Å². The van der Waals surface area contributed by atoms with E-state index in [2.05, 4.69) is 17.3 Å². The third-order valence-corrected chi connectivity index (χ3v) is 4.67. The summed E-state index contributed by atoms with van der Waals surface area (Å²) in [6, 6.07) is 7.44. The summed E-state index contributed by atoms with van der Waals surface area (Å²) in [5.41, 5.74) is 2.28. The van der Waals surface area contributed by atoms with Crippen molar-refractivity contribution in [1.82, 2.24) is 15.1 Å². The SMILES string of the molecule is CCCC(CCO)CNC(=O)c1cnn(-c2cccc(Cl)c2)c1C(C)C. The lowest BCUT2D eigenvalue weighted by Crippen LogP contribution is -2.30. The van der Waals surface area contributed by atoms with Gasteiger partial charge in [0.1, 0.15) is 0 Å². The van der Waals surface area contributed by atoms with Gasteiger partial charge >= 0.3 is 0 Å². The molecule has 5 nitrogen and oxygen atoms in total. The first-order valence-electron chi connectivity index (χ1n) is 9.20. The zero-order valence-corrected chi connectivity index (χ0v) is 16.5. The number of carbonyl (C=O) groups is 1. The molecule has 26 heavy (non-hydrogen) atoms. The van der Waals surface area contributed by atoms with E-state index in [1.54, 1.807) is 10.9 Å². The number of carbonyl (C=O) groups excluding carboxylic acids is 1. The van der Waals surface area contributed by atoms with Crippen LogP contribution in [0.4, 0.5) is 0 Å². The number of hydrogen-bond acceptors (Lipinski definition) is 3. The van der Waals surface area contributed by atoms with Crippen LogP contribution in [0, 0.1) is 5.92 Å². The van der Waals surface area contributed by atoms with Crippen LogP contribution in [0.1, 0.15) is 62.0 Å². The smallest absolute Gasteiger partial charge is 0.254 e. The number of nitrogens with one attached hydrogen (secondary N) is 1. The molecule has 2 aromatic rings. The van der Waals surface area contributed by atoms with Gasteiger partial charge in [-0.05, 0) is 42.9 Å². The van der Waals surface area contributed by atoms with Crippen molar-refractivity contribution in [3.05, 3.63) is 46.7 Å². The Balaban J connectivity index is 2.22. The van der Waals surface area contributed by atoms with Crippen LogP contribution in [0.5, 0.6) is 0 Å². The number of aromatic nitrogens is 2. The van der Waals surface area contributed by atoms with E-state index in [-0.39, 0.29) is 18.4 Å². The number of amides is 1. The molecule has 1 aromatic carbocycles. The molecular weight excluding hydrogens is 350 g/mol. The number of benzene rings is 1. The van der Waals surface area contributed by atoms with Gasteiger partial charge in [-0.15, -0.1) is 0 Å². The van der Waals surface area contributed by atoms with Crippen molar-refractivity contribution in [2.24, 2.45) is 5.92 Å². The highest BCUT2D eigenvalue weighted by atomic mass is 35.5. The third kappa shape index (κ3) is 5.08. The fourth-order valence-electron chi connectivity index (χ4n) is 3.17. The minimum Gasteiger partial charge on any atom is -0.396 e. The Kier molecular flexibility index (Phi) is 7.66. The average molecular weight is 378 g/mol. The van der Waals surface area contributed by atoms with Gasteiger partial charge in [-0.2, -0.15) is 5.10 Å². The molecule has 0 aliphatic rings. The zero-order valence-electron chi connectivity index (χ0n) is 15.7. The Bertz CT molecular complexity index is 722. The molecule has 1 amide bonds. The van der Waals surface area contributed by atoms with Gasteiger partial charge in [-0.25, -0.2) is 4.68 Å². The second kappa shape index (κ2) is 9.74. The van der Waals surface area contributed by atoms with E-state index in [0.29, 0.717) is 29.5 Å². The molecule has 0 bridgehead atoms. The van der Waals surface area contributed by atoms with Crippen LogP contribution in [0.25, 0.3) is 5.69 Å². The number of aliphatic hydroxyl groups is 1. The highest BCUT2D eigenvalue weighted by Gasteiger charge is 2.21. The largest absolute Gasteiger partial charge is 0.396 e. The molecule has 1 atom stereocenters. The number of halogens is 1. The molecule has 0 saturated carbocycles. The molecule has 0 spiro atoms. The summed E-state index contributed by atoms with van der Waals surface area (Å²) in [4.78, 5) is 12.7. The lowest BCUT2D eigenvalue weighted by atomic mass is 10.00. The summed E-state index contributed by atoms with van der Waals surface area (Å²) in [5.74, 6) is 0.293. The van der Waals surface area contributed by atoms with Gasteiger partial charge < -0.3 is 10.4 Å².